The molecule has 2 amide bonds. The average molecular weight is 546 g/mol. The van der Waals surface area contributed by atoms with Gasteiger partial charge in [0.25, 0.3) is 11.8 Å². The van der Waals surface area contributed by atoms with Crippen LogP contribution < -0.4 is 25.8 Å². The van der Waals surface area contributed by atoms with Crippen molar-refractivity contribution < 1.29 is 19.1 Å². The Kier molecular flexibility index (Phi) is 9.07. The Morgan fingerprint density at radius 3 is 2.21 bits per heavy atom. The fourth-order valence-electron chi connectivity index (χ4n) is 3.77. The van der Waals surface area contributed by atoms with Crippen molar-refractivity contribution in [3.05, 3.63) is 112 Å². The minimum Gasteiger partial charge on any atom is -0.490 e. The van der Waals surface area contributed by atoms with Crippen LogP contribution in [-0.4, -0.2) is 30.1 Å². The standard InChI is InChI=1S/C29H27N3O4S2/c1-19-24(17-20-9-4-2-5-10-20)38-28(25(19)26(30)33)32-29(37)31-27(34)21-11-8-14-23(18-21)36-16-15-35-22-12-6-3-7-13-22/h2-14,18H,15-17H2,1H3,(H2,30,33)(H2,31,32,34,37). The molecule has 0 spiro atoms. The summed E-state index contributed by atoms with van der Waals surface area (Å²) < 4.78 is 11.3. The molecule has 9 heteroatoms. The Morgan fingerprint density at radius 2 is 1.53 bits per heavy atom. The molecule has 0 atom stereocenters. The highest BCUT2D eigenvalue weighted by Crippen LogP contribution is 2.34. The van der Waals surface area contributed by atoms with Gasteiger partial charge in [-0.1, -0.05) is 54.6 Å². The van der Waals surface area contributed by atoms with Crippen LogP contribution in [0.5, 0.6) is 11.5 Å². The summed E-state index contributed by atoms with van der Waals surface area (Å²) in [5.41, 5.74) is 8.31. The van der Waals surface area contributed by atoms with Crippen molar-refractivity contribution in [2.75, 3.05) is 18.5 Å². The third kappa shape index (κ3) is 7.18. The molecule has 0 unspecified atom stereocenters. The Bertz CT molecular complexity index is 1420. The number of benzene rings is 3. The molecule has 7 nitrogen and oxygen atoms in total. The Balaban J connectivity index is 1.35. The zero-order valence-corrected chi connectivity index (χ0v) is 22.4. The molecule has 1 heterocycles. The van der Waals surface area contributed by atoms with Crippen LogP contribution in [-0.2, 0) is 6.42 Å². The number of carbonyl (C=O) groups is 2. The highest BCUT2D eigenvalue weighted by molar-refractivity contribution is 7.80. The van der Waals surface area contributed by atoms with E-state index in [0.717, 1.165) is 21.8 Å². The third-order valence-corrected chi connectivity index (χ3v) is 7.03. The number of anilines is 1. The predicted molar refractivity (Wildman–Crippen MR) is 154 cm³/mol. The van der Waals surface area contributed by atoms with Gasteiger partial charge in [0.1, 0.15) is 29.7 Å². The molecule has 0 fully saturated rings. The molecule has 4 aromatic rings. The first-order valence-electron chi connectivity index (χ1n) is 11.9. The summed E-state index contributed by atoms with van der Waals surface area (Å²) in [7, 11) is 0. The van der Waals surface area contributed by atoms with Gasteiger partial charge >= 0.3 is 0 Å². The SMILES string of the molecule is Cc1c(Cc2ccccc2)sc(NC(=S)NC(=O)c2cccc(OCCOc3ccccc3)c2)c1C(N)=O. The van der Waals surface area contributed by atoms with Crippen LogP contribution in [0.2, 0.25) is 0 Å². The number of hydrogen-bond acceptors (Lipinski definition) is 6. The fraction of sp³-hybridized carbons (Fsp3) is 0.138. The van der Waals surface area contributed by atoms with Gasteiger partial charge in [-0.3, -0.25) is 14.9 Å². The van der Waals surface area contributed by atoms with Crippen molar-refractivity contribution in [2.45, 2.75) is 13.3 Å². The maximum atomic E-state index is 12.8. The monoisotopic (exact) mass is 545 g/mol. The molecule has 0 bridgehead atoms. The van der Waals surface area contributed by atoms with Gasteiger partial charge in [-0.25, -0.2) is 0 Å². The first-order chi connectivity index (χ1) is 18.4. The zero-order valence-electron chi connectivity index (χ0n) is 20.7. The first kappa shape index (κ1) is 26.8. The van der Waals surface area contributed by atoms with Crippen molar-refractivity contribution in [3.63, 3.8) is 0 Å². The van der Waals surface area contributed by atoms with E-state index in [1.54, 1.807) is 24.3 Å². The van der Waals surface area contributed by atoms with Gasteiger partial charge < -0.3 is 20.5 Å². The fourth-order valence-corrected chi connectivity index (χ4v) is 5.28. The molecule has 4 rings (SSSR count). The number of thiocarbonyl (C=S) groups is 1. The molecular weight excluding hydrogens is 518 g/mol. The minimum atomic E-state index is -0.559. The van der Waals surface area contributed by atoms with Gasteiger partial charge in [-0.15, -0.1) is 11.3 Å². The lowest BCUT2D eigenvalue weighted by molar-refractivity contribution is 0.0975. The lowest BCUT2D eigenvalue weighted by atomic mass is 10.1. The van der Waals surface area contributed by atoms with E-state index in [9.17, 15) is 9.59 Å². The van der Waals surface area contributed by atoms with Crippen molar-refractivity contribution >= 4 is 45.5 Å². The number of nitrogens with one attached hydrogen (secondary N) is 2. The van der Waals surface area contributed by atoms with E-state index < -0.39 is 11.8 Å². The zero-order chi connectivity index (χ0) is 26.9. The van der Waals surface area contributed by atoms with E-state index in [1.165, 1.54) is 11.3 Å². The summed E-state index contributed by atoms with van der Waals surface area (Å²) in [6.45, 7) is 2.54. The summed E-state index contributed by atoms with van der Waals surface area (Å²) >= 11 is 6.76. The molecule has 4 N–H and O–H groups in total. The second-order valence-corrected chi connectivity index (χ2v) is 9.84. The van der Waals surface area contributed by atoms with E-state index in [4.69, 9.17) is 27.4 Å². The van der Waals surface area contributed by atoms with Gasteiger partial charge in [0.2, 0.25) is 0 Å². The quantitative estimate of drug-likeness (QED) is 0.184. The van der Waals surface area contributed by atoms with E-state index in [2.05, 4.69) is 10.6 Å². The number of amides is 2. The molecule has 0 aliphatic rings. The Hall–Kier alpha value is -4.21. The molecule has 0 saturated heterocycles. The van der Waals surface area contributed by atoms with Crippen LogP contribution in [0.3, 0.4) is 0 Å². The van der Waals surface area contributed by atoms with Gasteiger partial charge in [0.05, 0.1) is 5.56 Å². The maximum Gasteiger partial charge on any atom is 0.257 e. The van der Waals surface area contributed by atoms with Crippen LogP contribution in [0, 0.1) is 6.92 Å². The van der Waals surface area contributed by atoms with Crippen LogP contribution in [0.15, 0.2) is 84.9 Å². The Labute approximate surface area is 230 Å². The number of hydrogen-bond donors (Lipinski definition) is 3. The summed E-state index contributed by atoms with van der Waals surface area (Å²) in [6, 6.07) is 26.2. The predicted octanol–water partition coefficient (Wildman–Crippen LogP) is 5.33. The molecule has 38 heavy (non-hydrogen) atoms. The number of thiophene rings is 1. The second-order valence-electron chi connectivity index (χ2n) is 8.33. The van der Waals surface area contributed by atoms with Crippen LogP contribution >= 0.6 is 23.6 Å². The summed E-state index contributed by atoms with van der Waals surface area (Å²) in [4.78, 5) is 26.0. The molecule has 194 valence electrons. The molecule has 0 saturated carbocycles. The number of primary amides is 1. The highest BCUT2D eigenvalue weighted by atomic mass is 32.1. The molecule has 0 aliphatic heterocycles. The molecular formula is C29H27N3O4S2. The van der Waals surface area contributed by atoms with E-state index in [0.29, 0.717) is 41.5 Å². The maximum absolute atomic E-state index is 12.8. The number of para-hydroxylation sites is 1. The lowest BCUT2D eigenvalue weighted by Gasteiger charge is -2.11. The van der Waals surface area contributed by atoms with Crippen LogP contribution in [0.4, 0.5) is 5.00 Å². The Morgan fingerprint density at radius 1 is 0.895 bits per heavy atom. The normalized spacial score (nSPS) is 10.4. The molecule has 1 aromatic heterocycles. The molecule has 0 radical (unpaired) electrons. The number of rotatable bonds is 10. The summed E-state index contributed by atoms with van der Waals surface area (Å²) in [5.74, 6) is 0.323. The first-order valence-corrected chi connectivity index (χ1v) is 13.1. The summed E-state index contributed by atoms with van der Waals surface area (Å²) in [6.07, 6.45) is 0.654. The minimum absolute atomic E-state index is 0.0626. The second kappa shape index (κ2) is 12.8. The smallest absolute Gasteiger partial charge is 0.257 e. The van der Waals surface area contributed by atoms with Crippen molar-refractivity contribution in [2.24, 2.45) is 5.73 Å². The number of nitrogens with two attached hydrogens (primary N) is 1. The van der Waals surface area contributed by atoms with Gasteiger partial charge in [0, 0.05) is 16.9 Å². The molecule has 3 aromatic carbocycles. The van der Waals surface area contributed by atoms with E-state index in [1.807, 2.05) is 67.6 Å². The van der Waals surface area contributed by atoms with Crippen LogP contribution in [0.1, 0.15) is 36.7 Å². The van der Waals surface area contributed by atoms with Gasteiger partial charge in [0.15, 0.2) is 5.11 Å². The third-order valence-electron chi connectivity index (χ3n) is 5.61. The van der Waals surface area contributed by atoms with E-state index >= 15 is 0 Å². The van der Waals surface area contributed by atoms with Gasteiger partial charge in [-0.05, 0) is 60.6 Å². The topological polar surface area (TPSA) is 103 Å². The lowest BCUT2D eigenvalue weighted by Crippen LogP contribution is -2.34. The number of ether oxygens (including phenoxy) is 2. The summed E-state index contributed by atoms with van der Waals surface area (Å²) in [5, 5.41) is 6.21. The van der Waals surface area contributed by atoms with Gasteiger partial charge in [-0.2, -0.15) is 0 Å². The van der Waals surface area contributed by atoms with Crippen molar-refractivity contribution in [3.8, 4) is 11.5 Å². The van der Waals surface area contributed by atoms with E-state index in [-0.39, 0.29) is 5.11 Å². The number of carbonyl (C=O) groups excluding carboxylic acids is 2. The van der Waals surface area contributed by atoms with Crippen LogP contribution in [0.25, 0.3) is 0 Å². The largest absolute Gasteiger partial charge is 0.490 e. The van der Waals surface area contributed by atoms with Crippen molar-refractivity contribution in [1.29, 1.82) is 0 Å². The highest BCUT2D eigenvalue weighted by Gasteiger charge is 2.21. The molecule has 0 aliphatic carbocycles. The average Bonchev–Trinajstić information content (AvgIpc) is 3.22. The van der Waals surface area contributed by atoms with Crippen molar-refractivity contribution in [1.82, 2.24) is 5.32 Å².